The van der Waals surface area contributed by atoms with Gasteiger partial charge in [0.2, 0.25) is 5.95 Å². The molecule has 1 aliphatic heterocycles. The molecule has 166 valence electrons. The Hall–Kier alpha value is -3.00. The Labute approximate surface area is 178 Å². The predicted molar refractivity (Wildman–Crippen MR) is 107 cm³/mol. The number of hydrogen-bond donors (Lipinski definition) is 2. The van der Waals surface area contributed by atoms with E-state index in [1.165, 1.54) is 20.1 Å². The molecule has 2 aliphatic rings. The van der Waals surface area contributed by atoms with Crippen LogP contribution >= 0.6 is 0 Å². The average molecular weight is 470 g/mol. The summed E-state index contributed by atoms with van der Waals surface area (Å²) in [6.07, 6.45) is 1.88. The lowest BCUT2D eigenvalue weighted by Crippen LogP contribution is -2.36. The molecule has 12 nitrogen and oxygen atoms in total. The van der Waals surface area contributed by atoms with Crippen LogP contribution in [0.5, 0.6) is 11.8 Å². The highest BCUT2D eigenvalue weighted by Gasteiger charge is 2.35. The largest absolute Gasteiger partial charge is 0.467 e. The van der Waals surface area contributed by atoms with Gasteiger partial charge in [-0.05, 0) is 37.8 Å². The summed E-state index contributed by atoms with van der Waals surface area (Å²) in [5.74, 6) is 0.0828. The fourth-order valence-corrected chi connectivity index (χ4v) is 5.10. The van der Waals surface area contributed by atoms with Crippen molar-refractivity contribution in [2.75, 3.05) is 12.4 Å². The lowest BCUT2D eigenvalue weighted by molar-refractivity contribution is 0.256. The summed E-state index contributed by atoms with van der Waals surface area (Å²) in [5.41, 5.74) is 0.405. The van der Waals surface area contributed by atoms with Gasteiger partial charge in [0, 0.05) is 5.92 Å². The van der Waals surface area contributed by atoms with E-state index in [2.05, 4.69) is 20.3 Å². The molecule has 0 saturated heterocycles. The molecule has 2 N–H and O–H groups in total. The van der Waals surface area contributed by atoms with Crippen molar-refractivity contribution in [1.82, 2.24) is 19.7 Å². The van der Waals surface area contributed by atoms with E-state index in [-0.39, 0.29) is 30.0 Å². The van der Waals surface area contributed by atoms with Crippen molar-refractivity contribution in [3.05, 3.63) is 29.6 Å². The number of rotatable bonds is 5. The Morgan fingerprint density at radius 1 is 1.23 bits per heavy atom. The van der Waals surface area contributed by atoms with Gasteiger partial charge in [0.15, 0.2) is 5.75 Å². The molecule has 0 bridgehead atoms. The van der Waals surface area contributed by atoms with Crippen molar-refractivity contribution in [2.24, 2.45) is 0 Å². The Morgan fingerprint density at radius 2 is 1.97 bits per heavy atom. The van der Waals surface area contributed by atoms with E-state index in [1.54, 1.807) is 6.07 Å². The molecule has 1 unspecified atom stereocenters. The van der Waals surface area contributed by atoms with Crippen LogP contribution in [0.4, 0.5) is 10.7 Å². The molecule has 1 fully saturated rings. The van der Waals surface area contributed by atoms with Crippen LogP contribution < -0.4 is 19.0 Å². The zero-order chi connectivity index (χ0) is 22.4. The number of carbonyl (C=O) groups is 1. The van der Waals surface area contributed by atoms with E-state index in [9.17, 15) is 21.6 Å². The Balaban J connectivity index is 1.57. The van der Waals surface area contributed by atoms with Crippen LogP contribution in [0, 0.1) is 0 Å². The molecule has 14 heteroatoms. The summed E-state index contributed by atoms with van der Waals surface area (Å²) in [7, 11) is -7.10. The maximum absolute atomic E-state index is 12.8. The molecule has 2 amide bonds. The quantitative estimate of drug-likeness (QED) is 0.601. The lowest BCUT2D eigenvalue weighted by atomic mass is 10.1. The average Bonchev–Trinajstić information content (AvgIpc) is 3.52. The number of amides is 2. The second-order valence-corrected chi connectivity index (χ2v) is 10.8. The van der Waals surface area contributed by atoms with Gasteiger partial charge < -0.3 is 8.92 Å². The summed E-state index contributed by atoms with van der Waals surface area (Å²) in [5, 5.41) is 1.41. The molecule has 0 radical (unpaired) electrons. The van der Waals surface area contributed by atoms with E-state index in [0.717, 1.165) is 18.9 Å². The van der Waals surface area contributed by atoms with Gasteiger partial charge in [-0.15, -0.1) is 0 Å². The minimum Gasteiger partial charge on any atom is -0.467 e. The SMILES string of the molecule is COc1nc(NC(=O)NS(=O)(=O)c2cccc3c2OS(=O)(=O)C(C)C3)nc(C2CC2)n1. The van der Waals surface area contributed by atoms with Gasteiger partial charge in [-0.25, -0.2) is 17.9 Å². The van der Waals surface area contributed by atoms with E-state index >= 15 is 0 Å². The Morgan fingerprint density at radius 3 is 2.65 bits per heavy atom. The first kappa shape index (κ1) is 21.2. The second kappa shape index (κ2) is 7.60. The van der Waals surface area contributed by atoms with Crippen molar-refractivity contribution in [3.8, 4) is 11.8 Å². The maximum atomic E-state index is 12.8. The topological polar surface area (TPSA) is 167 Å². The molecule has 4 rings (SSSR count). The highest BCUT2D eigenvalue weighted by molar-refractivity contribution is 7.90. The first-order valence-corrected chi connectivity index (χ1v) is 12.2. The van der Waals surface area contributed by atoms with Gasteiger partial charge in [0.05, 0.1) is 12.4 Å². The van der Waals surface area contributed by atoms with Gasteiger partial charge >= 0.3 is 22.2 Å². The van der Waals surface area contributed by atoms with Crippen LogP contribution in [0.2, 0.25) is 0 Å². The first-order chi connectivity index (χ1) is 14.6. The highest BCUT2D eigenvalue weighted by atomic mass is 32.2. The number of para-hydroxylation sites is 1. The minimum absolute atomic E-state index is 0.0140. The van der Waals surface area contributed by atoms with Crippen LogP contribution in [0.25, 0.3) is 0 Å². The number of carbonyl (C=O) groups excluding carboxylic acids is 1. The third-order valence-corrected chi connectivity index (χ3v) is 7.67. The van der Waals surface area contributed by atoms with Crippen molar-refractivity contribution >= 4 is 32.1 Å². The number of fused-ring (bicyclic) bond motifs is 1. The van der Waals surface area contributed by atoms with Gasteiger partial charge in [-0.2, -0.15) is 23.4 Å². The van der Waals surface area contributed by atoms with Gasteiger partial charge in [-0.3, -0.25) is 5.32 Å². The van der Waals surface area contributed by atoms with Crippen molar-refractivity contribution < 1.29 is 30.6 Å². The van der Waals surface area contributed by atoms with Crippen LogP contribution in [0.3, 0.4) is 0 Å². The van der Waals surface area contributed by atoms with Crippen molar-refractivity contribution in [3.63, 3.8) is 0 Å². The molecule has 0 spiro atoms. The smallest absolute Gasteiger partial charge is 0.335 e. The zero-order valence-electron chi connectivity index (χ0n) is 16.5. The molecule has 1 aromatic carbocycles. The number of sulfonamides is 1. The van der Waals surface area contributed by atoms with Gasteiger partial charge in [-0.1, -0.05) is 12.1 Å². The molecule has 1 atom stereocenters. The number of urea groups is 1. The number of nitrogens with zero attached hydrogens (tertiary/aromatic N) is 3. The van der Waals surface area contributed by atoms with Crippen LogP contribution in [0.15, 0.2) is 23.1 Å². The van der Waals surface area contributed by atoms with E-state index in [4.69, 9.17) is 8.92 Å². The van der Waals surface area contributed by atoms with E-state index in [0.29, 0.717) is 11.4 Å². The van der Waals surface area contributed by atoms with Crippen LogP contribution in [-0.2, 0) is 26.6 Å². The third-order valence-electron chi connectivity index (χ3n) is 4.76. The molecular weight excluding hydrogens is 450 g/mol. The number of aromatic nitrogens is 3. The number of benzene rings is 1. The number of anilines is 1. The fraction of sp³-hybridized carbons (Fsp3) is 0.412. The second-order valence-electron chi connectivity index (χ2n) is 7.17. The normalized spacial score (nSPS) is 19.6. The molecule has 2 aromatic rings. The molecule has 1 aromatic heterocycles. The zero-order valence-corrected chi connectivity index (χ0v) is 18.2. The van der Waals surface area contributed by atoms with E-state index in [1.807, 2.05) is 4.72 Å². The number of hydrogen-bond acceptors (Lipinski definition) is 10. The molecule has 31 heavy (non-hydrogen) atoms. The van der Waals surface area contributed by atoms with Crippen LogP contribution in [0.1, 0.15) is 37.1 Å². The number of methoxy groups -OCH3 is 1. The molecule has 1 saturated carbocycles. The summed E-state index contributed by atoms with van der Waals surface area (Å²) in [6, 6.07) is 3.00. The Bertz CT molecular complexity index is 1260. The van der Waals surface area contributed by atoms with Crippen LogP contribution in [-0.4, -0.2) is 50.2 Å². The minimum atomic E-state index is -4.47. The number of nitrogens with one attached hydrogen (secondary N) is 2. The molecule has 1 aliphatic carbocycles. The number of ether oxygens (including phenoxy) is 1. The van der Waals surface area contributed by atoms with E-state index < -0.39 is 36.3 Å². The summed E-state index contributed by atoms with van der Waals surface area (Å²) < 4.78 is 61.5. The van der Waals surface area contributed by atoms with Gasteiger partial charge in [0.1, 0.15) is 10.7 Å². The van der Waals surface area contributed by atoms with Gasteiger partial charge in [0.25, 0.3) is 10.0 Å². The monoisotopic (exact) mass is 469 g/mol. The highest BCUT2D eigenvalue weighted by Crippen LogP contribution is 2.38. The summed E-state index contributed by atoms with van der Waals surface area (Å²) in [4.78, 5) is 24.0. The maximum Gasteiger partial charge on any atom is 0.335 e. The van der Waals surface area contributed by atoms with Crippen molar-refractivity contribution in [1.29, 1.82) is 0 Å². The summed E-state index contributed by atoms with van der Waals surface area (Å²) in [6.45, 7) is 1.46. The third kappa shape index (κ3) is 4.39. The molecular formula is C17H19N5O7S2. The fourth-order valence-electron chi connectivity index (χ4n) is 2.99. The standard InChI is InChI=1S/C17H19N5O7S2/c1-9-8-11-4-3-5-12(13(11)29-31(9,26)27)30(24,25)22-16(23)20-15-18-14(10-6-7-10)19-17(21-15)28-2/h3-5,9-10H,6-8H2,1-2H3,(H2,18,19,20,21,22,23). The first-order valence-electron chi connectivity index (χ1n) is 9.28. The lowest BCUT2D eigenvalue weighted by Gasteiger charge is -2.24. The van der Waals surface area contributed by atoms with Crippen molar-refractivity contribution in [2.45, 2.75) is 42.2 Å². The predicted octanol–water partition coefficient (Wildman–Crippen LogP) is 0.921. The Kier molecular flexibility index (Phi) is 5.21. The summed E-state index contributed by atoms with van der Waals surface area (Å²) >= 11 is 0. The molecule has 2 heterocycles.